The summed E-state index contributed by atoms with van der Waals surface area (Å²) in [6, 6.07) is 6.12. The van der Waals surface area contributed by atoms with Gasteiger partial charge in [0, 0.05) is 5.56 Å². The van der Waals surface area contributed by atoms with Crippen LogP contribution in [-0.2, 0) is 6.18 Å². The summed E-state index contributed by atoms with van der Waals surface area (Å²) in [6.45, 7) is 2.81. The quantitative estimate of drug-likeness (QED) is 0.843. The Balaban J connectivity index is 2.02. The maximum atomic E-state index is 13.2. The van der Waals surface area contributed by atoms with Gasteiger partial charge in [0.2, 0.25) is 5.95 Å². The fourth-order valence-corrected chi connectivity index (χ4v) is 2.58. The number of aromatic nitrogens is 2. The number of alkyl halides is 3. The Bertz CT molecular complexity index is 707. The fraction of sp³-hybridized carbons (Fsp3) is 0.375. The van der Waals surface area contributed by atoms with Gasteiger partial charge >= 0.3 is 6.18 Å². The van der Waals surface area contributed by atoms with Crippen LogP contribution in [0.15, 0.2) is 30.3 Å². The zero-order chi connectivity index (χ0) is 17.3. The monoisotopic (exact) mass is 341 g/mol. The van der Waals surface area contributed by atoms with Crippen molar-refractivity contribution < 1.29 is 22.5 Å². The molecule has 1 aromatic carbocycles. The molecule has 0 saturated carbocycles. The van der Waals surface area contributed by atoms with Gasteiger partial charge < -0.3 is 9.80 Å². The summed E-state index contributed by atoms with van der Waals surface area (Å²) < 4.78 is 52.6. The van der Waals surface area contributed by atoms with E-state index in [1.165, 1.54) is 29.2 Å². The fourth-order valence-electron chi connectivity index (χ4n) is 2.58. The van der Waals surface area contributed by atoms with E-state index in [0.717, 1.165) is 19.2 Å². The van der Waals surface area contributed by atoms with Crippen molar-refractivity contribution in [1.29, 1.82) is 0 Å². The van der Waals surface area contributed by atoms with Crippen LogP contribution >= 0.6 is 0 Å². The first kappa shape index (κ1) is 16.6. The summed E-state index contributed by atoms with van der Waals surface area (Å²) >= 11 is 0. The Morgan fingerprint density at radius 2 is 1.67 bits per heavy atom. The van der Waals surface area contributed by atoms with Gasteiger partial charge in [-0.3, -0.25) is 0 Å². The molecule has 0 radical (unpaired) electrons. The molecule has 0 amide bonds. The lowest BCUT2D eigenvalue weighted by atomic mass is 10.1. The first-order valence-electron chi connectivity index (χ1n) is 7.61. The summed E-state index contributed by atoms with van der Waals surface area (Å²) in [5.41, 5.74) is -0.429. The number of piperazine rings is 1. The van der Waals surface area contributed by atoms with Crippen LogP contribution in [0, 0.1) is 5.82 Å². The van der Waals surface area contributed by atoms with E-state index in [1.807, 2.05) is 7.05 Å². The maximum absolute atomic E-state index is 13.2. The predicted molar refractivity (Wildman–Crippen MR) is 81.3 cm³/mol. The second kappa shape index (κ2) is 6.35. The molecule has 1 N–H and O–H groups in total. The number of halogens is 4. The first-order chi connectivity index (χ1) is 11.3. The first-order valence-corrected chi connectivity index (χ1v) is 7.61. The van der Waals surface area contributed by atoms with E-state index in [4.69, 9.17) is 0 Å². The average molecular weight is 341 g/mol. The van der Waals surface area contributed by atoms with Gasteiger partial charge in [-0.25, -0.2) is 14.4 Å². The largest absolute Gasteiger partial charge is 0.433 e. The second-order valence-corrected chi connectivity index (χ2v) is 5.89. The van der Waals surface area contributed by atoms with Crippen molar-refractivity contribution in [3.63, 3.8) is 0 Å². The lowest BCUT2D eigenvalue weighted by molar-refractivity contribution is -0.880. The number of anilines is 1. The van der Waals surface area contributed by atoms with Crippen molar-refractivity contribution in [2.45, 2.75) is 6.18 Å². The molecule has 128 valence electrons. The topological polar surface area (TPSA) is 33.5 Å². The minimum Gasteiger partial charge on any atom is -0.334 e. The Hall–Kier alpha value is -2.22. The van der Waals surface area contributed by atoms with E-state index in [2.05, 4.69) is 9.97 Å². The number of nitrogens with zero attached hydrogens (tertiary/aromatic N) is 3. The van der Waals surface area contributed by atoms with Crippen LogP contribution in [0.2, 0.25) is 0 Å². The molecule has 2 heterocycles. The molecule has 1 aliphatic rings. The molecule has 0 unspecified atom stereocenters. The molecule has 24 heavy (non-hydrogen) atoms. The summed E-state index contributed by atoms with van der Waals surface area (Å²) in [5.74, 6) is -0.386. The van der Waals surface area contributed by atoms with Crippen molar-refractivity contribution in [3.05, 3.63) is 41.8 Å². The molecule has 8 heteroatoms. The molecule has 1 saturated heterocycles. The van der Waals surface area contributed by atoms with Crippen LogP contribution < -0.4 is 9.80 Å². The molecule has 0 atom stereocenters. The van der Waals surface area contributed by atoms with Crippen LogP contribution in [0.3, 0.4) is 0 Å². The molecule has 1 aliphatic heterocycles. The van der Waals surface area contributed by atoms with Crippen molar-refractivity contribution >= 4 is 5.95 Å². The lowest BCUT2D eigenvalue weighted by Crippen LogP contribution is -3.12. The Kier molecular flexibility index (Phi) is 4.40. The van der Waals surface area contributed by atoms with Gasteiger partial charge in [0.25, 0.3) is 0 Å². The number of nitrogens with one attached hydrogen (secondary N) is 1. The molecule has 0 spiro atoms. The molecule has 1 fully saturated rings. The summed E-state index contributed by atoms with van der Waals surface area (Å²) in [5, 5.41) is 0. The van der Waals surface area contributed by atoms with Crippen molar-refractivity contribution in [1.82, 2.24) is 9.97 Å². The van der Waals surface area contributed by atoms with Gasteiger partial charge in [-0.05, 0) is 30.3 Å². The third-order valence-corrected chi connectivity index (χ3v) is 4.04. The van der Waals surface area contributed by atoms with Crippen molar-refractivity contribution in [3.8, 4) is 11.3 Å². The number of hydrogen-bond donors (Lipinski definition) is 1. The smallest absolute Gasteiger partial charge is 0.334 e. The van der Waals surface area contributed by atoms with Crippen LogP contribution in [0.1, 0.15) is 5.69 Å². The number of benzene rings is 1. The SMILES string of the molecule is C[NH+]1CCN(c2nc(-c3ccc(F)cc3)cc(C(F)(F)F)n2)CC1. The van der Waals surface area contributed by atoms with E-state index in [0.29, 0.717) is 18.7 Å². The minimum absolute atomic E-state index is 0.0663. The highest BCUT2D eigenvalue weighted by Gasteiger charge is 2.34. The molecule has 4 nitrogen and oxygen atoms in total. The van der Waals surface area contributed by atoms with E-state index >= 15 is 0 Å². The summed E-state index contributed by atoms with van der Waals surface area (Å²) in [6.07, 6.45) is -4.57. The zero-order valence-electron chi connectivity index (χ0n) is 13.1. The highest BCUT2D eigenvalue weighted by atomic mass is 19.4. The van der Waals surface area contributed by atoms with Gasteiger partial charge in [-0.1, -0.05) is 0 Å². The Labute approximate surface area is 136 Å². The molecular formula is C16H17F4N4+. The van der Waals surface area contributed by atoms with Gasteiger partial charge in [0.05, 0.1) is 38.9 Å². The Morgan fingerprint density at radius 3 is 2.25 bits per heavy atom. The number of rotatable bonds is 2. The van der Waals surface area contributed by atoms with Crippen LogP contribution in [0.4, 0.5) is 23.5 Å². The molecule has 1 aromatic heterocycles. The van der Waals surface area contributed by atoms with Crippen LogP contribution in [0.25, 0.3) is 11.3 Å². The van der Waals surface area contributed by atoms with Crippen molar-refractivity contribution in [2.24, 2.45) is 0 Å². The minimum atomic E-state index is -4.57. The van der Waals surface area contributed by atoms with E-state index in [9.17, 15) is 17.6 Å². The average Bonchev–Trinajstić information content (AvgIpc) is 2.55. The van der Waals surface area contributed by atoms with E-state index in [1.54, 1.807) is 4.90 Å². The standard InChI is InChI=1S/C16H16F4N4/c1-23-6-8-24(9-7-23)15-21-13(10-14(22-15)16(18,19)20)11-2-4-12(17)5-3-11/h2-5,10H,6-9H2,1H3/p+1. The van der Waals surface area contributed by atoms with Gasteiger partial charge in [0.15, 0.2) is 5.69 Å². The lowest BCUT2D eigenvalue weighted by Gasteiger charge is -2.30. The number of quaternary nitrogens is 1. The van der Waals surface area contributed by atoms with Gasteiger partial charge in [-0.2, -0.15) is 13.2 Å². The normalized spacial score (nSPS) is 16.5. The Morgan fingerprint density at radius 1 is 1.04 bits per heavy atom. The van der Waals surface area contributed by atoms with E-state index in [-0.39, 0.29) is 11.6 Å². The van der Waals surface area contributed by atoms with Gasteiger partial charge in [-0.15, -0.1) is 0 Å². The summed E-state index contributed by atoms with van der Waals surface area (Å²) in [4.78, 5) is 11.1. The molecular weight excluding hydrogens is 324 g/mol. The van der Waals surface area contributed by atoms with E-state index < -0.39 is 17.7 Å². The van der Waals surface area contributed by atoms with Crippen molar-refractivity contribution in [2.75, 3.05) is 38.1 Å². The van der Waals surface area contributed by atoms with Gasteiger partial charge in [0.1, 0.15) is 5.82 Å². The summed E-state index contributed by atoms with van der Waals surface area (Å²) in [7, 11) is 2.04. The predicted octanol–water partition coefficient (Wildman–Crippen LogP) is 1.64. The third-order valence-electron chi connectivity index (χ3n) is 4.04. The maximum Gasteiger partial charge on any atom is 0.433 e. The third kappa shape index (κ3) is 3.64. The zero-order valence-corrected chi connectivity index (χ0v) is 13.1. The van der Waals surface area contributed by atoms with Crippen LogP contribution in [-0.4, -0.2) is 43.2 Å². The molecule has 2 aromatic rings. The molecule has 0 aliphatic carbocycles. The number of likely N-dealkylation sites (N-methyl/N-ethyl adjacent to an activating group) is 1. The molecule has 3 rings (SSSR count). The molecule has 0 bridgehead atoms. The van der Waals surface area contributed by atoms with Crippen LogP contribution in [0.5, 0.6) is 0 Å². The highest BCUT2D eigenvalue weighted by molar-refractivity contribution is 5.61. The second-order valence-electron chi connectivity index (χ2n) is 5.89. The number of hydrogen-bond acceptors (Lipinski definition) is 3. The highest BCUT2D eigenvalue weighted by Crippen LogP contribution is 2.31.